The number of hydrogen-bond donors (Lipinski definition) is 1. The van der Waals surface area contributed by atoms with E-state index in [1.807, 2.05) is 42.5 Å². The van der Waals surface area contributed by atoms with Crippen LogP contribution in [0.5, 0.6) is 0 Å². The summed E-state index contributed by atoms with van der Waals surface area (Å²) in [7, 11) is 0. The zero-order chi connectivity index (χ0) is 19.5. The highest BCUT2D eigenvalue weighted by Gasteiger charge is 2.15. The molecule has 1 aliphatic heterocycles. The van der Waals surface area contributed by atoms with Crippen LogP contribution in [0, 0.1) is 13.8 Å². The minimum Gasteiger partial charge on any atom is -0.322 e. The number of para-hydroxylation sites is 1. The molecule has 1 fully saturated rings. The van der Waals surface area contributed by atoms with Crippen LogP contribution in [0.4, 0.5) is 5.69 Å². The molecule has 0 radical (unpaired) electrons. The average molecular weight is 374 g/mol. The molecule has 1 saturated heterocycles. The van der Waals surface area contributed by atoms with Crippen molar-refractivity contribution in [2.24, 2.45) is 0 Å². The second-order valence-corrected chi connectivity index (χ2v) is 7.59. The van der Waals surface area contributed by atoms with Crippen LogP contribution in [0.2, 0.25) is 0 Å². The highest BCUT2D eigenvalue weighted by molar-refractivity contribution is 6.04. The Balaban J connectivity index is 1.50. The molecule has 0 atom stereocenters. The van der Waals surface area contributed by atoms with Gasteiger partial charge in [-0.2, -0.15) is 0 Å². The van der Waals surface area contributed by atoms with Gasteiger partial charge >= 0.3 is 0 Å². The van der Waals surface area contributed by atoms with Gasteiger partial charge in [0, 0.05) is 34.9 Å². The van der Waals surface area contributed by atoms with Gasteiger partial charge in [0.15, 0.2) is 0 Å². The predicted octanol–water partition coefficient (Wildman–Crippen LogP) is 4.94. The van der Waals surface area contributed by atoms with Crippen LogP contribution < -0.4 is 5.32 Å². The zero-order valence-electron chi connectivity index (χ0n) is 16.6. The van der Waals surface area contributed by atoms with Gasteiger partial charge in [0.2, 0.25) is 0 Å². The molecule has 0 aliphatic carbocycles. The lowest BCUT2D eigenvalue weighted by molar-refractivity contribution is 0.102. The smallest absolute Gasteiger partial charge is 0.255 e. The summed E-state index contributed by atoms with van der Waals surface area (Å²) in [4.78, 5) is 15.2. The molecule has 0 bridgehead atoms. The first-order valence-electron chi connectivity index (χ1n) is 9.99. The first-order chi connectivity index (χ1) is 13.6. The molecule has 144 valence electrons. The van der Waals surface area contributed by atoms with Gasteiger partial charge in [-0.25, -0.2) is 0 Å². The largest absolute Gasteiger partial charge is 0.322 e. The number of anilines is 1. The van der Waals surface area contributed by atoms with Crippen LogP contribution in [-0.4, -0.2) is 28.5 Å². The van der Waals surface area contributed by atoms with Crippen molar-refractivity contribution in [3.05, 3.63) is 83.2 Å². The molecule has 1 aliphatic rings. The van der Waals surface area contributed by atoms with Gasteiger partial charge in [-0.3, -0.25) is 9.69 Å². The monoisotopic (exact) mass is 373 g/mol. The van der Waals surface area contributed by atoms with E-state index in [9.17, 15) is 4.79 Å². The van der Waals surface area contributed by atoms with Gasteiger partial charge in [-0.15, -0.1) is 0 Å². The van der Waals surface area contributed by atoms with Gasteiger partial charge < -0.3 is 9.88 Å². The van der Waals surface area contributed by atoms with E-state index in [2.05, 4.69) is 46.8 Å². The van der Waals surface area contributed by atoms with Gasteiger partial charge in [-0.05, 0) is 87.8 Å². The van der Waals surface area contributed by atoms with E-state index in [0.717, 1.165) is 31.0 Å². The maximum atomic E-state index is 12.8. The second kappa shape index (κ2) is 8.03. The number of carbonyl (C=O) groups is 1. The number of hydrogen-bond acceptors (Lipinski definition) is 2. The molecule has 0 unspecified atom stereocenters. The normalized spacial score (nSPS) is 14.4. The Morgan fingerprint density at radius 3 is 2.21 bits per heavy atom. The van der Waals surface area contributed by atoms with E-state index < -0.39 is 0 Å². The number of aryl methyl sites for hydroxylation is 2. The van der Waals surface area contributed by atoms with Crippen molar-refractivity contribution in [2.75, 3.05) is 18.4 Å². The molecular weight excluding hydrogens is 346 g/mol. The first-order valence-corrected chi connectivity index (χ1v) is 9.99. The highest BCUT2D eigenvalue weighted by Crippen LogP contribution is 2.21. The highest BCUT2D eigenvalue weighted by atomic mass is 16.1. The molecule has 28 heavy (non-hydrogen) atoms. The summed E-state index contributed by atoms with van der Waals surface area (Å²) in [6, 6.07) is 20.1. The Labute approximate surface area is 166 Å². The second-order valence-electron chi connectivity index (χ2n) is 7.59. The van der Waals surface area contributed by atoms with Crippen molar-refractivity contribution in [3.63, 3.8) is 0 Å². The Morgan fingerprint density at radius 1 is 0.893 bits per heavy atom. The molecule has 1 aromatic heterocycles. The van der Waals surface area contributed by atoms with Crippen molar-refractivity contribution in [1.29, 1.82) is 0 Å². The van der Waals surface area contributed by atoms with Crippen molar-refractivity contribution in [2.45, 2.75) is 33.2 Å². The molecule has 1 N–H and O–H groups in total. The number of carbonyl (C=O) groups excluding carboxylic acids is 1. The van der Waals surface area contributed by atoms with E-state index in [1.165, 1.54) is 29.8 Å². The fraction of sp³-hybridized carbons (Fsp3) is 0.292. The first kappa shape index (κ1) is 18.5. The molecule has 0 spiro atoms. The van der Waals surface area contributed by atoms with E-state index in [-0.39, 0.29) is 5.91 Å². The Morgan fingerprint density at radius 2 is 1.54 bits per heavy atom. The van der Waals surface area contributed by atoms with Crippen LogP contribution in [-0.2, 0) is 6.54 Å². The van der Waals surface area contributed by atoms with Crippen LogP contribution in [0.25, 0.3) is 5.69 Å². The third-order valence-electron chi connectivity index (χ3n) is 5.52. The van der Waals surface area contributed by atoms with Crippen LogP contribution in [0.15, 0.2) is 60.7 Å². The summed E-state index contributed by atoms with van der Waals surface area (Å²) in [5, 5.41) is 3.11. The van der Waals surface area contributed by atoms with Crippen LogP contribution in [0.1, 0.15) is 40.2 Å². The minimum absolute atomic E-state index is 0.0682. The number of benzene rings is 2. The molecule has 4 rings (SSSR count). The predicted molar refractivity (Wildman–Crippen MR) is 114 cm³/mol. The summed E-state index contributed by atoms with van der Waals surface area (Å²) >= 11 is 0. The zero-order valence-corrected chi connectivity index (χ0v) is 16.6. The van der Waals surface area contributed by atoms with Crippen molar-refractivity contribution >= 4 is 11.6 Å². The molecule has 2 aromatic carbocycles. The standard InChI is InChI=1S/C24H27N3O/c1-18-9-10-19(2)27(18)22-13-11-20(12-14-22)24(28)25-23-8-4-3-7-21(23)17-26-15-5-6-16-26/h3-4,7-14H,5-6,15-17H2,1-2H3,(H,25,28). The van der Waals surface area contributed by atoms with Crippen molar-refractivity contribution in [3.8, 4) is 5.69 Å². The Bertz CT molecular complexity index is 946. The summed E-state index contributed by atoms with van der Waals surface area (Å²) in [6.07, 6.45) is 2.53. The summed E-state index contributed by atoms with van der Waals surface area (Å²) in [5.41, 5.74) is 6.19. The number of nitrogens with one attached hydrogen (secondary N) is 1. The summed E-state index contributed by atoms with van der Waals surface area (Å²) in [5.74, 6) is -0.0682. The number of likely N-dealkylation sites (tertiary alicyclic amines) is 1. The average Bonchev–Trinajstić information content (AvgIpc) is 3.33. The number of amides is 1. The van der Waals surface area contributed by atoms with Gasteiger partial charge in [0.25, 0.3) is 5.91 Å². The molecule has 4 nitrogen and oxygen atoms in total. The molecule has 0 saturated carbocycles. The van der Waals surface area contributed by atoms with Gasteiger partial charge in [-0.1, -0.05) is 18.2 Å². The SMILES string of the molecule is Cc1ccc(C)n1-c1ccc(C(=O)Nc2ccccc2CN2CCCC2)cc1. The van der Waals surface area contributed by atoms with E-state index in [0.29, 0.717) is 5.56 Å². The quantitative estimate of drug-likeness (QED) is 0.688. The van der Waals surface area contributed by atoms with Crippen molar-refractivity contribution < 1.29 is 4.79 Å². The topological polar surface area (TPSA) is 37.3 Å². The van der Waals surface area contributed by atoms with Gasteiger partial charge in [0.1, 0.15) is 0 Å². The van der Waals surface area contributed by atoms with Crippen LogP contribution >= 0.6 is 0 Å². The summed E-state index contributed by atoms with van der Waals surface area (Å²) in [6.45, 7) is 7.35. The lowest BCUT2D eigenvalue weighted by atomic mass is 10.1. The molecular formula is C24H27N3O. The third-order valence-corrected chi connectivity index (χ3v) is 5.52. The number of aromatic nitrogens is 1. The molecule has 2 heterocycles. The fourth-order valence-corrected chi connectivity index (χ4v) is 3.99. The van der Waals surface area contributed by atoms with E-state index in [4.69, 9.17) is 0 Å². The Kier molecular flexibility index (Phi) is 5.31. The van der Waals surface area contributed by atoms with Crippen molar-refractivity contribution in [1.82, 2.24) is 9.47 Å². The number of rotatable bonds is 5. The summed E-state index contributed by atoms with van der Waals surface area (Å²) < 4.78 is 2.19. The minimum atomic E-state index is -0.0682. The fourth-order valence-electron chi connectivity index (χ4n) is 3.99. The van der Waals surface area contributed by atoms with E-state index >= 15 is 0 Å². The maximum Gasteiger partial charge on any atom is 0.255 e. The molecule has 4 heteroatoms. The van der Waals surface area contributed by atoms with Gasteiger partial charge in [0.05, 0.1) is 0 Å². The third kappa shape index (κ3) is 3.87. The lowest BCUT2D eigenvalue weighted by Crippen LogP contribution is -2.20. The Hall–Kier alpha value is -2.85. The van der Waals surface area contributed by atoms with E-state index in [1.54, 1.807) is 0 Å². The van der Waals surface area contributed by atoms with Crippen LogP contribution in [0.3, 0.4) is 0 Å². The maximum absolute atomic E-state index is 12.8. The number of nitrogens with zero attached hydrogens (tertiary/aromatic N) is 2. The lowest BCUT2D eigenvalue weighted by Gasteiger charge is -2.18. The molecule has 3 aromatic rings. The molecule has 1 amide bonds.